The molecule has 0 aromatic carbocycles. The van der Waals surface area contributed by atoms with E-state index in [4.69, 9.17) is 31.3 Å². The molecule has 0 amide bonds. The molecule has 1 unspecified atom stereocenters. The monoisotopic (exact) mass is 614 g/mol. The predicted octanol–water partition coefficient (Wildman–Crippen LogP) is -0.467. The first kappa shape index (κ1) is 48.8. The average molecular weight is 615 g/mol. The number of aliphatic carboxylic acids is 5. The third-order valence-corrected chi connectivity index (χ3v) is 4.87. The molecule has 0 aliphatic rings. The van der Waals surface area contributed by atoms with E-state index in [1.807, 2.05) is 27.7 Å². The number of carboxylic acid groups (broad SMARTS) is 5. The maximum Gasteiger partial charge on any atom is 0.323 e. The molecule has 42 heavy (non-hydrogen) atoms. The first-order chi connectivity index (χ1) is 19.3. The molecule has 0 fully saturated rings. The molecule has 12 N–H and O–H groups in total. The van der Waals surface area contributed by atoms with E-state index in [0.717, 1.165) is 19.4 Å². The second kappa shape index (κ2) is 32.6. The van der Waals surface area contributed by atoms with Gasteiger partial charge in [0.1, 0.15) is 11.6 Å². The number of nitrogens with one attached hydrogen (secondary N) is 5. The molecule has 16 nitrogen and oxygen atoms in total. The fraction of sp³-hybridized carbons (Fsp3) is 0.808. The summed E-state index contributed by atoms with van der Waals surface area (Å²) in [7, 11) is 4.84. The topological polar surface area (TPSA) is 273 Å². The Morgan fingerprint density at radius 2 is 1.29 bits per heavy atom. The van der Waals surface area contributed by atoms with E-state index in [0.29, 0.717) is 24.9 Å². The summed E-state index contributed by atoms with van der Waals surface area (Å²) in [5, 5.41) is 54.5. The summed E-state index contributed by atoms with van der Waals surface area (Å²) in [5.41, 5.74) is 4.42. The quantitative estimate of drug-likeness (QED) is 0.0988. The smallest absolute Gasteiger partial charge is 0.323 e. The van der Waals surface area contributed by atoms with Gasteiger partial charge in [-0.1, -0.05) is 20.8 Å². The molecule has 0 aliphatic heterocycles. The van der Waals surface area contributed by atoms with Gasteiger partial charge in [0.25, 0.3) is 0 Å². The van der Waals surface area contributed by atoms with Gasteiger partial charge in [0.2, 0.25) is 0 Å². The van der Waals surface area contributed by atoms with Crippen molar-refractivity contribution in [3.05, 3.63) is 0 Å². The number of rotatable bonds is 17. The minimum atomic E-state index is -0.833. The summed E-state index contributed by atoms with van der Waals surface area (Å²) >= 11 is 0. The summed E-state index contributed by atoms with van der Waals surface area (Å²) in [6.07, 6.45) is 2.31. The molecule has 0 spiro atoms. The lowest BCUT2D eigenvalue weighted by Crippen LogP contribution is -2.44. The van der Waals surface area contributed by atoms with E-state index in [9.17, 15) is 24.0 Å². The zero-order chi connectivity index (χ0) is 34.3. The zero-order valence-electron chi connectivity index (χ0n) is 26.7. The normalized spacial score (nSPS) is 11.4. The van der Waals surface area contributed by atoms with Crippen LogP contribution >= 0.6 is 0 Å². The molecular weight excluding hydrogens is 556 g/mol. The van der Waals surface area contributed by atoms with Crippen molar-refractivity contribution in [2.24, 2.45) is 11.7 Å². The van der Waals surface area contributed by atoms with E-state index >= 15 is 0 Å². The molecule has 0 aromatic heterocycles. The van der Waals surface area contributed by atoms with Crippen molar-refractivity contribution in [1.29, 1.82) is 0 Å². The molecule has 0 rings (SSSR count). The van der Waals surface area contributed by atoms with Gasteiger partial charge in [-0.2, -0.15) is 0 Å². The van der Waals surface area contributed by atoms with Gasteiger partial charge in [0.15, 0.2) is 0 Å². The second-order valence-electron chi connectivity index (χ2n) is 9.72. The lowest BCUT2D eigenvalue weighted by molar-refractivity contribution is -0.143. The number of hydrogen-bond donors (Lipinski definition) is 11. The van der Waals surface area contributed by atoms with E-state index in [2.05, 4.69) is 26.6 Å². The first-order valence-corrected chi connectivity index (χ1v) is 13.6. The third kappa shape index (κ3) is 46.9. The van der Waals surface area contributed by atoms with E-state index in [1.165, 1.54) is 0 Å². The molecule has 0 saturated heterocycles. The lowest BCUT2D eigenvalue weighted by Gasteiger charge is -2.16. The summed E-state index contributed by atoms with van der Waals surface area (Å²) in [6.45, 7) is 12.8. The number of nitrogens with two attached hydrogens (primary N) is 1. The molecule has 0 radical (unpaired) electrons. The molecule has 2 atom stereocenters. The standard InChI is InChI=1S/C6H14N2O2.2C6H13NO2.C5H11NO2.C3H7NO2/c1-8-5(6(9)10)3-2-4-7;1-5(2)3-7-4-6(8)9;1-3-5(2)7-4-6(8)9;1-5(2,6-3)4(7)8;1-4-2-3(5)6/h5,8H,2-4,7H2,1H3,(H,9,10);2*5,7H,3-4H2,1-2H3,(H,8,9);6H,1-3H3,(H,7,8);4H,2H2,1H3,(H,5,6)/t5-;;;;/m1..../s1. The van der Waals surface area contributed by atoms with Crippen LogP contribution < -0.4 is 32.3 Å². The molecule has 0 heterocycles. The fourth-order valence-electron chi connectivity index (χ4n) is 1.85. The Kier molecular flexibility index (Phi) is 37.9. The summed E-state index contributed by atoms with van der Waals surface area (Å²) in [4.78, 5) is 49.9. The molecule has 252 valence electrons. The van der Waals surface area contributed by atoms with Gasteiger partial charge < -0.3 is 57.9 Å². The van der Waals surface area contributed by atoms with Gasteiger partial charge in [-0.3, -0.25) is 24.0 Å². The second-order valence-corrected chi connectivity index (χ2v) is 9.72. The fourth-order valence-corrected chi connectivity index (χ4v) is 1.85. The number of carboxylic acids is 5. The van der Waals surface area contributed by atoms with E-state index in [-0.39, 0.29) is 19.6 Å². The van der Waals surface area contributed by atoms with Crippen LogP contribution in [0.2, 0.25) is 0 Å². The highest BCUT2D eigenvalue weighted by Gasteiger charge is 2.23. The highest BCUT2D eigenvalue weighted by atomic mass is 16.4. The Bertz CT molecular complexity index is 709. The van der Waals surface area contributed by atoms with Crippen LogP contribution in [0, 0.1) is 5.92 Å². The third-order valence-electron chi connectivity index (χ3n) is 4.87. The van der Waals surface area contributed by atoms with Crippen LogP contribution in [0.1, 0.15) is 60.8 Å². The SMILES string of the molecule is CC(C)CNCC(=O)O.CCC(C)NCC(=O)O.CNC(C)(C)C(=O)O.CNCC(=O)O.CN[C@H](CCCN)C(=O)O. The Hall–Kier alpha value is -2.89. The predicted molar refractivity (Wildman–Crippen MR) is 162 cm³/mol. The number of hydrogen-bond acceptors (Lipinski definition) is 11. The van der Waals surface area contributed by atoms with Gasteiger partial charge in [0.05, 0.1) is 19.6 Å². The van der Waals surface area contributed by atoms with E-state index < -0.39 is 41.4 Å². The minimum Gasteiger partial charge on any atom is -0.480 e. The van der Waals surface area contributed by atoms with Crippen LogP contribution in [0.4, 0.5) is 0 Å². The van der Waals surface area contributed by atoms with Gasteiger partial charge in [-0.25, -0.2) is 0 Å². The Morgan fingerprint density at radius 1 is 0.810 bits per heavy atom. The highest BCUT2D eigenvalue weighted by molar-refractivity contribution is 5.77. The molecular formula is C26H58N6O10. The summed E-state index contributed by atoms with van der Waals surface area (Å²) in [6, 6.07) is -0.135. The van der Waals surface area contributed by atoms with Crippen LogP contribution in [0.3, 0.4) is 0 Å². The maximum atomic E-state index is 10.3. The van der Waals surface area contributed by atoms with Crippen LogP contribution in [-0.4, -0.2) is 127 Å². The van der Waals surface area contributed by atoms with Gasteiger partial charge >= 0.3 is 29.8 Å². The highest BCUT2D eigenvalue weighted by Crippen LogP contribution is 1.98. The van der Waals surface area contributed by atoms with Crippen molar-refractivity contribution in [3.63, 3.8) is 0 Å². The Balaban J connectivity index is -0.000000137. The van der Waals surface area contributed by atoms with Crippen molar-refractivity contribution < 1.29 is 49.5 Å². The van der Waals surface area contributed by atoms with Crippen LogP contribution in [-0.2, 0) is 24.0 Å². The maximum absolute atomic E-state index is 10.3. The zero-order valence-corrected chi connectivity index (χ0v) is 26.7. The van der Waals surface area contributed by atoms with Crippen molar-refractivity contribution in [1.82, 2.24) is 26.6 Å². The van der Waals surface area contributed by atoms with Crippen LogP contribution in [0.5, 0.6) is 0 Å². The minimum absolute atomic E-state index is 0.0417. The first-order valence-electron chi connectivity index (χ1n) is 13.6. The lowest BCUT2D eigenvalue weighted by atomic mass is 10.1. The van der Waals surface area contributed by atoms with Crippen molar-refractivity contribution in [2.45, 2.75) is 78.4 Å². The van der Waals surface area contributed by atoms with Crippen molar-refractivity contribution in [3.8, 4) is 0 Å². The average Bonchev–Trinajstić information content (AvgIpc) is 2.88. The van der Waals surface area contributed by atoms with Crippen molar-refractivity contribution in [2.75, 3.05) is 53.9 Å². The Labute approximate surface area is 250 Å². The van der Waals surface area contributed by atoms with Gasteiger partial charge in [-0.15, -0.1) is 0 Å². The summed E-state index contributed by atoms with van der Waals surface area (Å²) < 4.78 is 0. The largest absolute Gasteiger partial charge is 0.480 e. The van der Waals surface area contributed by atoms with Gasteiger partial charge in [-0.05, 0) is 80.2 Å². The number of carbonyl (C=O) groups is 5. The van der Waals surface area contributed by atoms with Crippen molar-refractivity contribution >= 4 is 29.8 Å². The molecule has 16 heteroatoms. The van der Waals surface area contributed by atoms with Crippen LogP contribution in [0.25, 0.3) is 0 Å². The molecule has 0 bridgehead atoms. The Morgan fingerprint density at radius 3 is 1.50 bits per heavy atom. The number of likely N-dealkylation sites (N-methyl/N-ethyl adjacent to an activating group) is 3. The van der Waals surface area contributed by atoms with Gasteiger partial charge in [0, 0.05) is 6.04 Å². The summed E-state index contributed by atoms with van der Waals surface area (Å²) in [5.74, 6) is -3.54. The molecule has 0 saturated carbocycles. The van der Waals surface area contributed by atoms with E-state index in [1.54, 1.807) is 35.0 Å². The van der Waals surface area contributed by atoms with Crippen LogP contribution in [0.15, 0.2) is 0 Å². The molecule has 0 aliphatic carbocycles. The molecule has 0 aromatic rings.